The van der Waals surface area contributed by atoms with Gasteiger partial charge in [0.1, 0.15) is 5.75 Å². The van der Waals surface area contributed by atoms with Crippen molar-refractivity contribution in [3.8, 4) is 5.75 Å². The lowest BCUT2D eigenvalue weighted by molar-refractivity contribution is 0.414. The summed E-state index contributed by atoms with van der Waals surface area (Å²) >= 11 is 0. The van der Waals surface area contributed by atoms with Crippen molar-refractivity contribution in [3.05, 3.63) is 72.6 Å². The quantitative estimate of drug-likeness (QED) is 0.773. The molecule has 0 heterocycles. The molecule has 0 spiro atoms. The predicted molar refractivity (Wildman–Crippen MR) is 75.8 cm³/mol. The molecule has 0 saturated heterocycles. The lowest BCUT2D eigenvalue weighted by atomic mass is 9.83. The van der Waals surface area contributed by atoms with Crippen molar-refractivity contribution in [2.75, 3.05) is 7.11 Å². The van der Waals surface area contributed by atoms with Crippen molar-refractivity contribution in [2.45, 2.75) is 12.8 Å². The SMILES string of the molecule is [CH2]C(C)C(c1ccccc1)c1ccc(OC)cc1. The fourth-order valence-electron chi connectivity index (χ4n) is 2.32. The van der Waals surface area contributed by atoms with Crippen LogP contribution in [0.5, 0.6) is 5.75 Å². The molecule has 0 aliphatic heterocycles. The Labute approximate surface area is 109 Å². The standard InChI is InChI=1S/C17H19O/c1-13(2)17(14-7-5-4-6-8-14)15-9-11-16(18-3)12-10-15/h4-13,17H,1H2,2-3H3. The van der Waals surface area contributed by atoms with E-state index in [0.717, 1.165) is 5.75 Å². The minimum Gasteiger partial charge on any atom is -0.497 e. The van der Waals surface area contributed by atoms with Crippen LogP contribution in [0.25, 0.3) is 0 Å². The average Bonchev–Trinajstić information content (AvgIpc) is 2.40. The molecule has 1 nitrogen and oxygen atoms in total. The van der Waals surface area contributed by atoms with Gasteiger partial charge < -0.3 is 4.74 Å². The molecule has 2 aromatic rings. The van der Waals surface area contributed by atoms with Crippen molar-refractivity contribution >= 4 is 0 Å². The maximum Gasteiger partial charge on any atom is 0.118 e. The first-order valence-electron chi connectivity index (χ1n) is 6.24. The van der Waals surface area contributed by atoms with Gasteiger partial charge in [0.05, 0.1) is 7.11 Å². The van der Waals surface area contributed by atoms with E-state index in [9.17, 15) is 0 Å². The Hall–Kier alpha value is -1.76. The first-order chi connectivity index (χ1) is 8.72. The van der Waals surface area contributed by atoms with Crippen molar-refractivity contribution < 1.29 is 4.74 Å². The van der Waals surface area contributed by atoms with Crippen LogP contribution >= 0.6 is 0 Å². The molecule has 0 fully saturated rings. The summed E-state index contributed by atoms with van der Waals surface area (Å²) in [5.41, 5.74) is 2.59. The maximum absolute atomic E-state index is 5.20. The molecule has 0 N–H and O–H groups in total. The third kappa shape index (κ3) is 2.73. The summed E-state index contributed by atoms with van der Waals surface area (Å²) in [7, 11) is 1.69. The predicted octanol–water partition coefficient (Wildman–Crippen LogP) is 4.30. The topological polar surface area (TPSA) is 9.23 Å². The number of rotatable bonds is 4. The number of benzene rings is 2. The molecule has 1 heteroatoms. The molecule has 2 unspecified atom stereocenters. The number of methoxy groups -OCH3 is 1. The maximum atomic E-state index is 5.20. The zero-order valence-electron chi connectivity index (χ0n) is 11.0. The molecule has 2 atom stereocenters. The molecule has 0 aliphatic carbocycles. The van der Waals surface area contributed by atoms with E-state index in [1.807, 2.05) is 18.2 Å². The molecular formula is C17H19O. The largest absolute Gasteiger partial charge is 0.497 e. The van der Waals surface area contributed by atoms with Crippen molar-refractivity contribution in [1.82, 2.24) is 0 Å². The van der Waals surface area contributed by atoms with E-state index in [0.29, 0.717) is 11.8 Å². The molecule has 0 saturated carbocycles. The van der Waals surface area contributed by atoms with Crippen molar-refractivity contribution in [1.29, 1.82) is 0 Å². The number of ether oxygens (including phenoxy) is 1. The minimum atomic E-state index is 0.320. The molecule has 0 aromatic heterocycles. The number of hydrogen-bond acceptors (Lipinski definition) is 1. The number of hydrogen-bond donors (Lipinski definition) is 0. The Kier molecular flexibility index (Phi) is 4.03. The molecule has 18 heavy (non-hydrogen) atoms. The lowest BCUT2D eigenvalue weighted by Crippen LogP contribution is -2.08. The van der Waals surface area contributed by atoms with Crippen molar-refractivity contribution in [2.24, 2.45) is 5.92 Å². The van der Waals surface area contributed by atoms with Crippen LogP contribution in [0.4, 0.5) is 0 Å². The fourth-order valence-corrected chi connectivity index (χ4v) is 2.32. The Morgan fingerprint density at radius 3 is 1.94 bits per heavy atom. The van der Waals surface area contributed by atoms with Gasteiger partial charge in [0.15, 0.2) is 0 Å². The first kappa shape index (κ1) is 12.7. The van der Waals surface area contributed by atoms with E-state index in [2.05, 4.69) is 50.2 Å². The van der Waals surface area contributed by atoms with Gasteiger partial charge in [0.25, 0.3) is 0 Å². The lowest BCUT2D eigenvalue weighted by Gasteiger charge is -2.22. The van der Waals surface area contributed by atoms with E-state index >= 15 is 0 Å². The first-order valence-corrected chi connectivity index (χ1v) is 6.24. The Balaban J connectivity index is 2.36. The molecule has 93 valence electrons. The summed E-state index contributed by atoms with van der Waals surface area (Å²) < 4.78 is 5.20. The molecular weight excluding hydrogens is 220 g/mol. The highest BCUT2D eigenvalue weighted by atomic mass is 16.5. The summed E-state index contributed by atoms with van der Waals surface area (Å²) in [5.74, 6) is 1.54. The third-order valence-corrected chi connectivity index (χ3v) is 3.20. The molecule has 0 bridgehead atoms. The van der Waals surface area contributed by atoms with Gasteiger partial charge in [0, 0.05) is 5.92 Å². The molecule has 2 rings (SSSR count). The molecule has 0 amide bonds. The van der Waals surface area contributed by atoms with Gasteiger partial charge >= 0.3 is 0 Å². The summed E-state index contributed by atoms with van der Waals surface area (Å²) in [6.45, 7) is 6.36. The van der Waals surface area contributed by atoms with Crippen LogP contribution in [0.1, 0.15) is 24.0 Å². The van der Waals surface area contributed by atoms with E-state index < -0.39 is 0 Å². The van der Waals surface area contributed by atoms with Crippen LogP contribution in [0.15, 0.2) is 54.6 Å². The Morgan fingerprint density at radius 2 is 1.44 bits per heavy atom. The van der Waals surface area contributed by atoms with Crippen molar-refractivity contribution in [3.63, 3.8) is 0 Å². The zero-order chi connectivity index (χ0) is 13.0. The average molecular weight is 239 g/mol. The Bertz CT molecular complexity index is 471. The van der Waals surface area contributed by atoms with Gasteiger partial charge in [-0.1, -0.05) is 49.4 Å². The van der Waals surface area contributed by atoms with Crippen LogP contribution < -0.4 is 4.74 Å². The third-order valence-electron chi connectivity index (χ3n) is 3.20. The highest BCUT2D eigenvalue weighted by Gasteiger charge is 2.17. The Morgan fingerprint density at radius 1 is 0.889 bits per heavy atom. The van der Waals surface area contributed by atoms with Crippen LogP contribution in [0.3, 0.4) is 0 Å². The second-order valence-electron chi connectivity index (χ2n) is 4.64. The smallest absolute Gasteiger partial charge is 0.118 e. The van der Waals surface area contributed by atoms with Crippen LogP contribution in [0, 0.1) is 12.8 Å². The highest BCUT2D eigenvalue weighted by Crippen LogP contribution is 2.32. The van der Waals surface area contributed by atoms with Gasteiger partial charge in [-0.05, 0) is 36.1 Å². The summed E-state index contributed by atoms with van der Waals surface area (Å²) in [6, 6.07) is 18.8. The second kappa shape index (κ2) is 5.72. The minimum absolute atomic E-state index is 0.320. The molecule has 2 aromatic carbocycles. The van der Waals surface area contributed by atoms with E-state index in [1.54, 1.807) is 7.11 Å². The fraction of sp³-hybridized carbons (Fsp3) is 0.235. The second-order valence-corrected chi connectivity index (χ2v) is 4.64. The molecule has 1 radical (unpaired) electrons. The monoisotopic (exact) mass is 239 g/mol. The highest BCUT2D eigenvalue weighted by molar-refractivity contribution is 5.36. The molecule has 0 aliphatic rings. The van der Waals surface area contributed by atoms with E-state index in [-0.39, 0.29) is 0 Å². The summed E-state index contributed by atoms with van der Waals surface area (Å²) in [5, 5.41) is 0. The van der Waals surface area contributed by atoms with Crippen LogP contribution in [-0.2, 0) is 0 Å². The van der Waals surface area contributed by atoms with Crippen LogP contribution in [0.2, 0.25) is 0 Å². The van der Waals surface area contributed by atoms with Gasteiger partial charge in [-0.2, -0.15) is 0 Å². The summed E-state index contributed by atoms with van der Waals surface area (Å²) in [4.78, 5) is 0. The van der Waals surface area contributed by atoms with Crippen LogP contribution in [-0.4, -0.2) is 7.11 Å². The van der Waals surface area contributed by atoms with Gasteiger partial charge in [-0.3, -0.25) is 0 Å². The van der Waals surface area contributed by atoms with Gasteiger partial charge in [-0.25, -0.2) is 0 Å². The normalized spacial score (nSPS) is 12.4. The van der Waals surface area contributed by atoms with Gasteiger partial charge in [0.2, 0.25) is 0 Å². The van der Waals surface area contributed by atoms with E-state index in [4.69, 9.17) is 4.74 Å². The summed E-state index contributed by atoms with van der Waals surface area (Å²) in [6.07, 6.45) is 0. The zero-order valence-corrected chi connectivity index (χ0v) is 11.0. The van der Waals surface area contributed by atoms with E-state index in [1.165, 1.54) is 11.1 Å². The van der Waals surface area contributed by atoms with Gasteiger partial charge in [-0.15, -0.1) is 0 Å².